The fourth-order valence-electron chi connectivity index (χ4n) is 4.30. The smallest absolute Gasteiger partial charge is 0.414 e. The molecule has 2 saturated heterocycles. The minimum Gasteiger partial charge on any atom is -0.447 e. The van der Waals surface area contributed by atoms with Crippen LogP contribution in [0.2, 0.25) is 0 Å². The van der Waals surface area contributed by atoms with Crippen molar-refractivity contribution < 1.29 is 14.5 Å². The summed E-state index contributed by atoms with van der Waals surface area (Å²) in [6.07, 6.45) is 3.28. The molecule has 0 bridgehead atoms. The molecule has 0 aliphatic carbocycles. The molecule has 4 rings (SSSR count). The van der Waals surface area contributed by atoms with Crippen molar-refractivity contribution in [3.05, 3.63) is 63.7 Å². The minimum absolute atomic E-state index is 0.0558. The third-order valence-electron chi connectivity index (χ3n) is 6.15. The van der Waals surface area contributed by atoms with Crippen molar-refractivity contribution in [2.75, 3.05) is 29.9 Å². The van der Waals surface area contributed by atoms with Crippen LogP contribution >= 0.6 is 0 Å². The summed E-state index contributed by atoms with van der Waals surface area (Å²) in [5.41, 5.74) is 3.53. The first kappa shape index (κ1) is 21.1. The van der Waals surface area contributed by atoms with Crippen LogP contribution in [0.3, 0.4) is 0 Å². The fraction of sp³-hybridized carbons (Fsp3) is 0.435. The molecule has 1 atom stereocenters. The van der Waals surface area contributed by atoms with E-state index < -0.39 is 11.0 Å². The van der Waals surface area contributed by atoms with Crippen LogP contribution in [0.1, 0.15) is 37.3 Å². The maximum atomic E-state index is 12.1. The Morgan fingerprint density at radius 3 is 2.68 bits per heavy atom. The number of nitro benzene ring substituents is 1. The van der Waals surface area contributed by atoms with Crippen LogP contribution in [-0.2, 0) is 17.8 Å². The van der Waals surface area contributed by atoms with Gasteiger partial charge in [0.2, 0.25) is 0 Å². The summed E-state index contributed by atoms with van der Waals surface area (Å²) in [7, 11) is 0. The number of anilines is 2. The van der Waals surface area contributed by atoms with E-state index in [9.17, 15) is 14.9 Å². The van der Waals surface area contributed by atoms with E-state index >= 15 is 0 Å². The van der Waals surface area contributed by atoms with Gasteiger partial charge in [0.1, 0.15) is 6.61 Å². The number of piperidine rings is 1. The van der Waals surface area contributed by atoms with E-state index in [0.717, 1.165) is 13.1 Å². The van der Waals surface area contributed by atoms with Crippen molar-refractivity contribution >= 4 is 23.2 Å². The van der Waals surface area contributed by atoms with Gasteiger partial charge < -0.3 is 10.1 Å². The summed E-state index contributed by atoms with van der Waals surface area (Å²) < 4.78 is 5.04. The second kappa shape index (κ2) is 9.34. The van der Waals surface area contributed by atoms with Crippen LogP contribution in [0.4, 0.5) is 21.9 Å². The van der Waals surface area contributed by atoms with Gasteiger partial charge in [-0.3, -0.25) is 19.9 Å². The zero-order chi connectivity index (χ0) is 21.8. The van der Waals surface area contributed by atoms with Crippen molar-refractivity contribution in [1.82, 2.24) is 4.90 Å². The summed E-state index contributed by atoms with van der Waals surface area (Å²) >= 11 is 0. The lowest BCUT2D eigenvalue weighted by molar-refractivity contribution is -0.384. The molecule has 0 spiro atoms. The van der Waals surface area contributed by atoms with Crippen LogP contribution in [0.25, 0.3) is 0 Å². The molecule has 1 unspecified atom stereocenters. The highest BCUT2D eigenvalue weighted by Gasteiger charge is 2.27. The Morgan fingerprint density at radius 2 is 1.97 bits per heavy atom. The summed E-state index contributed by atoms with van der Waals surface area (Å²) in [4.78, 5) is 26.8. The number of hydrogen-bond acceptors (Lipinski definition) is 6. The molecule has 164 valence electrons. The Morgan fingerprint density at radius 1 is 1.16 bits per heavy atom. The number of rotatable bonds is 7. The normalized spacial score (nSPS) is 19.3. The van der Waals surface area contributed by atoms with Gasteiger partial charge in [-0.15, -0.1) is 0 Å². The van der Waals surface area contributed by atoms with Crippen molar-refractivity contribution in [2.24, 2.45) is 0 Å². The number of ether oxygens (including phenoxy) is 1. The quantitative estimate of drug-likeness (QED) is 0.519. The molecular weight excluding hydrogens is 396 g/mol. The number of nitro groups is 1. The van der Waals surface area contributed by atoms with Crippen molar-refractivity contribution in [1.29, 1.82) is 0 Å². The van der Waals surface area contributed by atoms with Crippen molar-refractivity contribution in [3.63, 3.8) is 0 Å². The van der Waals surface area contributed by atoms with Gasteiger partial charge in [0.15, 0.2) is 0 Å². The number of hydrogen-bond donors (Lipinski definition) is 1. The van der Waals surface area contributed by atoms with Crippen LogP contribution in [0, 0.1) is 10.1 Å². The Hall–Kier alpha value is -3.13. The van der Waals surface area contributed by atoms with Gasteiger partial charge in [-0.1, -0.05) is 30.7 Å². The summed E-state index contributed by atoms with van der Waals surface area (Å²) in [5, 5.41) is 14.6. The Labute approximate surface area is 181 Å². The molecule has 8 heteroatoms. The number of nitrogens with zero attached hydrogens (tertiary/aromatic N) is 3. The van der Waals surface area contributed by atoms with Crippen LogP contribution in [0.5, 0.6) is 0 Å². The number of cyclic esters (lactones) is 1. The summed E-state index contributed by atoms with van der Waals surface area (Å²) in [6, 6.07) is 13.5. The average Bonchev–Trinajstić information content (AvgIpc) is 3.20. The number of nitrogens with one attached hydrogen (secondary N) is 1. The molecule has 2 heterocycles. The number of likely N-dealkylation sites (tertiary alicyclic amines) is 1. The van der Waals surface area contributed by atoms with E-state index in [2.05, 4.69) is 35.3 Å². The molecule has 1 amide bonds. The molecule has 0 saturated carbocycles. The topological polar surface area (TPSA) is 87.9 Å². The van der Waals surface area contributed by atoms with Gasteiger partial charge in [0, 0.05) is 31.3 Å². The Kier molecular flexibility index (Phi) is 6.36. The molecule has 2 aliphatic rings. The van der Waals surface area contributed by atoms with E-state index in [1.54, 1.807) is 6.07 Å². The molecule has 2 fully saturated rings. The van der Waals surface area contributed by atoms with E-state index in [-0.39, 0.29) is 12.3 Å². The monoisotopic (exact) mass is 424 g/mol. The van der Waals surface area contributed by atoms with Crippen LogP contribution in [-0.4, -0.2) is 41.7 Å². The highest BCUT2D eigenvalue weighted by molar-refractivity contribution is 5.94. The lowest BCUT2D eigenvalue weighted by Crippen LogP contribution is -2.37. The van der Waals surface area contributed by atoms with Gasteiger partial charge in [-0.2, -0.15) is 0 Å². The van der Waals surface area contributed by atoms with Crippen LogP contribution in [0.15, 0.2) is 42.5 Å². The van der Waals surface area contributed by atoms with Gasteiger partial charge in [0.05, 0.1) is 22.8 Å². The lowest BCUT2D eigenvalue weighted by Gasteiger charge is -2.33. The molecule has 2 aromatic carbocycles. The summed E-state index contributed by atoms with van der Waals surface area (Å²) in [5.74, 6) is 0. The first-order valence-corrected chi connectivity index (χ1v) is 10.8. The molecule has 0 radical (unpaired) electrons. The van der Waals surface area contributed by atoms with E-state index in [4.69, 9.17) is 4.74 Å². The second-order valence-corrected chi connectivity index (χ2v) is 8.16. The maximum Gasteiger partial charge on any atom is 0.414 e. The standard InChI is InChI=1S/C23H28N4O4/c1-17-6-4-5-11-25(17)16-19-8-3-2-7-18(19)15-24-21-10-9-20(27(29)30)14-22(21)26-12-13-31-23(26)28/h2-3,7-10,14,17,24H,4-6,11-13,15-16H2,1H3. The lowest BCUT2D eigenvalue weighted by atomic mass is 10.0. The third kappa shape index (κ3) is 4.80. The molecule has 8 nitrogen and oxygen atoms in total. The molecule has 1 N–H and O–H groups in total. The van der Waals surface area contributed by atoms with Crippen LogP contribution < -0.4 is 10.2 Å². The average molecular weight is 425 g/mol. The van der Waals surface area contributed by atoms with E-state index in [1.807, 2.05) is 6.07 Å². The second-order valence-electron chi connectivity index (χ2n) is 8.16. The number of benzene rings is 2. The molecule has 31 heavy (non-hydrogen) atoms. The van der Waals surface area contributed by atoms with Gasteiger partial charge in [0.25, 0.3) is 5.69 Å². The first-order valence-electron chi connectivity index (χ1n) is 10.8. The number of carbonyl (C=O) groups excluding carboxylic acids is 1. The van der Waals surface area contributed by atoms with Crippen molar-refractivity contribution in [3.8, 4) is 0 Å². The SMILES string of the molecule is CC1CCCCN1Cc1ccccc1CNc1ccc([N+](=O)[O-])cc1N1CCOC1=O. The molecule has 0 aromatic heterocycles. The first-order chi connectivity index (χ1) is 15.0. The number of carbonyl (C=O) groups is 1. The third-order valence-corrected chi connectivity index (χ3v) is 6.15. The number of amides is 1. The summed E-state index contributed by atoms with van der Waals surface area (Å²) in [6.45, 7) is 5.53. The minimum atomic E-state index is -0.483. The maximum absolute atomic E-state index is 12.1. The Bertz CT molecular complexity index is 964. The van der Waals surface area contributed by atoms with Gasteiger partial charge >= 0.3 is 6.09 Å². The highest BCUT2D eigenvalue weighted by atomic mass is 16.6. The van der Waals surface area contributed by atoms with Gasteiger partial charge in [-0.05, 0) is 43.5 Å². The van der Waals surface area contributed by atoms with Gasteiger partial charge in [-0.25, -0.2) is 4.79 Å². The zero-order valence-electron chi connectivity index (χ0n) is 17.8. The molecule has 2 aromatic rings. The Balaban J connectivity index is 1.54. The van der Waals surface area contributed by atoms with E-state index in [0.29, 0.717) is 30.5 Å². The number of non-ortho nitro benzene ring substituents is 1. The molecule has 2 aliphatic heterocycles. The predicted molar refractivity (Wildman–Crippen MR) is 119 cm³/mol. The highest BCUT2D eigenvalue weighted by Crippen LogP contribution is 2.33. The van der Waals surface area contributed by atoms with E-state index in [1.165, 1.54) is 47.4 Å². The van der Waals surface area contributed by atoms with Crippen molar-refractivity contribution in [2.45, 2.75) is 45.3 Å². The fourth-order valence-corrected chi connectivity index (χ4v) is 4.30. The molecular formula is C23H28N4O4. The largest absolute Gasteiger partial charge is 0.447 e. The zero-order valence-corrected chi connectivity index (χ0v) is 17.8. The predicted octanol–water partition coefficient (Wildman–Crippen LogP) is 4.54.